The van der Waals surface area contributed by atoms with Gasteiger partial charge in [-0.3, -0.25) is 19.9 Å². The van der Waals surface area contributed by atoms with Crippen molar-refractivity contribution in [2.24, 2.45) is 17.6 Å². The second kappa shape index (κ2) is 13.0. The molecule has 10 heteroatoms. The van der Waals surface area contributed by atoms with Crippen molar-refractivity contribution in [2.45, 2.75) is 70.0 Å². The minimum atomic E-state index is -0.997. The molecule has 2 aromatic carbocycles. The molecule has 0 spiro atoms. The largest absolute Gasteiger partial charge is 0.452 e. The Labute approximate surface area is 246 Å². The Kier molecular flexibility index (Phi) is 9.71. The number of benzene rings is 2. The van der Waals surface area contributed by atoms with E-state index in [-0.39, 0.29) is 30.1 Å². The van der Waals surface area contributed by atoms with Crippen molar-refractivity contribution in [1.82, 2.24) is 15.1 Å². The van der Waals surface area contributed by atoms with Crippen molar-refractivity contribution in [3.63, 3.8) is 0 Å². The normalized spacial score (nSPS) is 20.1. The first-order valence-electron chi connectivity index (χ1n) is 14.2. The second-order valence-electron chi connectivity index (χ2n) is 11.5. The topological polar surface area (TPSA) is 129 Å². The molecule has 4 N–H and O–H groups in total. The van der Waals surface area contributed by atoms with E-state index in [1.165, 1.54) is 16.9 Å². The zero-order valence-electron chi connectivity index (χ0n) is 23.9. The number of guanidine groups is 1. The fourth-order valence-corrected chi connectivity index (χ4v) is 6.05. The van der Waals surface area contributed by atoms with E-state index in [4.69, 9.17) is 27.5 Å². The maximum Gasteiger partial charge on any atom is 0.416 e. The number of hydrogen-bond donors (Lipinski definition) is 3. The number of hydrogen-bond acceptors (Lipinski definition) is 6. The molecule has 2 aliphatic rings. The number of ether oxygens (including phenoxy) is 1. The number of imide groups is 1. The molecular formula is C31H40ClN5O4. The van der Waals surface area contributed by atoms with Gasteiger partial charge in [0.1, 0.15) is 5.54 Å². The lowest BCUT2D eigenvalue weighted by molar-refractivity contribution is -0.134. The number of rotatable bonds is 12. The minimum absolute atomic E-state index is 0.0620. The Bertz CT molecular complexity index is 1270. The van der Waals surface area contributed by atoms with Crippen LogP contribution in [-0.4, -0.2) is 59.4 Å². The van der Waals surface area contributed by atoms with Crippen molar-refractivity contribution in [2.75, 3.05) is 13.7 Å². The molecule has 1 saturated carbocycles. The molecule has 1 saturated heterocycles. The van der Waals surface area contributed by atoms with Crippen molar-refractivity contribution in [3.05, 3.63) is 70.7 Å². The van der Waals surface area contributed by atoms with Crippen LogP contribution >= 0.6 is 11.6 Å². The van der Waals surface area contributed by atoms with Gasteiger partial charge in [-0.25, -0.2) is 9.69 Å². The van der Waals surface area contributed by atoms with Gasteiger partial charge in [-0.05, 0) is 73.6 Å². The van der Waals surface area contributed by atoms with Crippen LogP contribution < -0.4 is 11.1 Å². The summed E-state index contributed by atoms with van der Waals surface area (Å²) in [5, 5.41) is 12.4. The van der Waals surface area contributed by atoms with E-state index in [9.17, 15) is 14.4 Å². The van der Waals surface area contributed by atoms with E-state index in [2.05, 4.69) is 19.2 Å². The summed E-state index contributed by atoms with van der Waals surface area (Å²) in [7, 11) is 1.25. The van der Waals surface area contributed by atoms with Crippen LogP contribution in [0.1, 0.15) is 57.1 Å². The molecule has 2 fully saturated rings. The zero-order valence-corrected chi connectivity index (χ0v) is 24.7. The van der Waals surface area contributed by atoms with Gasteiger partial charge < -0.3 is 15.8 Å². The Hall–Kier alpha value is -3.43. The van der Waals surface area contributed by atoms with E-state index >= 15 is 0 Å². The molecule has 1 aliphatic heterocycles. The number of methoxy groups -OCH3 is 1. The quantitative estimate of drug-likeness (QED) is 0.334. The molecule has 9 nitrogen and oxygen atoms in total. The Morgan fingerprint density at radius 2 is 1.90 bits per heavy atom. The molecule has 2 aromatic rings. The van der Waals surface area contributed by atoms with Crippen molar-refractivity contribution in [3.8, 4) is 0 Å². The molecular weight excluding hydrogens is 542 g/mol. The van der Waals surface area contributed by atoms with Crippen LogP contribution in [0.15, 0.2) is 54.6 Å². The number of carbonyl (C=O) groups excluding carboxylic acids is 3. The molecule has 41 heavy (non-hydrogen) atoms. The summed E-state index contributed by atoms with van der Waals surface area (Å²) in [6, 6.07) is 15.3. The van der Waals surface area contributed by atoms with Crippen LogP contribution in [0, 0.1) is 17.2 Å². The predicted molar refractivity (Wildman–Crippen MR) is 158 cm³/mol. The SMILES string of the molecule is COC(=O)N(C(=O)[C@@H](N)Cc1cccc(Cl)c1)C(CCCN1C(=N)NC(CC(C)C)(c2ccccc2)C1=O)C1CC1. The highest BCUT2D eigenvalue weighted by molar-refractivity contribution is 6.30. The van der Waals surface area contributed by atoms with Crippen LogP contribution in [0.2, 0.25) is 5.02 Å². The van der Waals surface area contributed by atoms with Gasteiger partial charge in [0.25, 0.3) is 5.91 Å². The summed E-state index contributed by atoms with van der Waals surface area (Å²) >= 11 is 6.09. The van der Waals surface area contributed by atoms with Crippen LogP contribution in [0.3, 0.4) is 0 Å². The number of nitrogens with one attached hydrogen (secondary N) is 2. The van der Waals surface area contributed by atoms with E-state index in [1.54, 1.807) is 18.2 Å². The molecule has 0 bridgehead atoms. The first-order valence-corrected chi connectivity index (χ1v) is 14.6. The third-order valence-corrected chi connectivity index (χ3v) is 8.08. The number of nitrogens with two attached hydrogens (primary N) is 1. The Morgan fingerprint density at radius 1 is 1.20 bits per heavy atom. The highest BCUT2D eigenvalue weighted by atomic mass is 35.5. The summed E-state index contributed by atoms with van der Waals surface area (Å²) in [6.07, 6.45) is 2.78. The van der Waals surface area contributed by atoms with Crippen molar-refractivity contribution < 1.29 is 19.1 Å². The van der Waals surface area contributed by atoms with E-state index < -0.39 is 29.6 Å². The molecule has 220 valence electrons. The summed E-state index contributed by atoms with van der Waals surface area (Å²) < 4.78 is 5.02. The number of halogens is 1. The standard InChI is InChI=1S/C31H40ClN5O4/c1-20(2)19-31(23-10-5-4-6-11-23)28(39)36(29(34)35-31)16-8-13-26(22-14-15-22)37(30(40)41-3)27(38)25(33)18-21-9-7-12-24(32)17-21/h4-7,9-12,17,20,22,25-26H,8,13-16,18-19,33H2,1-3H3,(H2,34,35)/t25-,26?,31?/m0/s1. The van der Waals surface area contributed by atoms with E-state index in [0.29, 0.717) is 30.8 Å². The third-order valence-electron chi connectivity index (χ3n) is 7.84. The van der Waals surface area contributed by atoms with E-state index in [1.807, 2.05) is 36.4 Å². The predicted octanol–water partition coefficient (Wildman–Crippen LogP) is 4.67. The number of carbonyl (C=O) groups is 3. The molecule has 2 unspecified atom stereocenters. The van der Waals surface area contributed by atoms with Crippen LogP contribution in [0.25, 0.3) is 0 Å². The average Bonchev–Trinajstić information content (AvgIpc) is 3.75. The molecule has 1 aliphatic carbocycles. The highest BCUT2D eigenvalue weighted by Crippen LogP contribution is 2.39. The summed E-state index contributed by atoms with van der Waals surface area (Å²) in [5.41, 5.74) is 6.94. The van der Waals surface area contributed by atoms with Gasteiger partial charge in [0.2, 0.25) is 5.91 Å². The molecule has 1 heterocycles. The van der Waals surface area contributed by atoms with Crippen LogP contribution in [0.5, 0.6) is 0 Å². The Morgan fingerprint density at radius 3 is 2.51 bits per heavy atom. The first kappa shape index (κ1) is 30.5. The molecule has 3 amide bonds. The van der Waals surface area contributed by atoms with Crippen molar-refractivity contribution in [1.29, 1.82) is 5.41 Å². The summed E-state index contributed by atoms with van der Waals surface area (Å²) in [6.45, 7) is 4.40. The average molecular weight is 582 g/mol. The van der Waals surface area contributed by atoms with Gasteiger partial charge in [0, 0.05) is 17.6 Å². The maximum absolute atomic E-state index is 13.8. The molecule has 4 rings (SSSR count). The number of nitrogens with zero attached hydrogens (tertiary/aromatic N) is 2. The number of amides is 3. The zero-order chi connectivity index (χ0) is 29.7. The lowest BCUT2D eigenvalue weighted by Gasteiger charge is -2.32. The fraction of sp³-hybridized carbons (Fsp3) is 0.484. The monoisotopic (exact) mass is 581 g/mol. The first-order chi connectivity index (χ1) is 19.6. The highest BCUT2D eigenvalue weighted by Gasteiger charge is 2.51. The van der Waals surface area contributed by atoms with E-state index in [0.717, 1.165) is 24.0 Å². The third kappa shape index (κ3) is 6.90. The van der Waals surface area contributed by atoms with Crippen LogP contribution in [0.4, 0.5) is 4.79 Å². The van der Waals surface area contributed by atoms with Gasteiger partial charge >= 0.3 is 6.09 Å². The van der Waals surface area contributed by atoms with Gasteiger partial charge in [-0.1, -0.05) is 67.9 Å². The minimum Gasteiger partial charge on any atom is -0.452 e. The molecule has 0 radical (unpaired) electrons. The molecule has 0 aromatic heterocycles. The van der Waals surface area contributed by atoms with Gasteiger partial charge in [-0.2, -0.15) is 0 Å². The Balaban J connectivity index is 1.47. The molecule has 3 atom stereocenters. The van der Waals surface area contributed by atoms with Gasteiger partial charge in [-0.15, -0.1) is 0 Å². The van der Waals surface area contributed by atoms with Gasteiger partial charge in [0.15, 0.2) is 5.96 Å². The second-order valence-corrected chi connectivity index (χ2v) is 11.9. The summed E-state index contributed by atoms with van der Waals surface area (Å²) in [5.74, 6) is -0.232. The summed E-state index contributed by atoms with van der Waals surface area (Å²) in [4.78, 5) is 42.9. The lowest BCUT2D eigenvalue weighted by Crippen LogP contribution is -2.53. The van der Waals surface area contributed by atoms with Crippen molar-refractivity contribution >= 4 is 35.5 Å². The van der Waals surface area contributed by atoms with Crippen LogP contribution in [-0.2, 0) is 26.3 Å². The maximum atomic E-state index is 13.8. The van der Waals surface area contributed by atoms with Gasteiger partial charge in [0.05, 0.1) is 13.2 Å². The smallest absolute Gasteiger partial charge is 0.416 e. The fourth-order valence-electron chi connectivity index (χ4n) is 5.84. The lowest BCUT2D eigenvalue weighted by atomic mass is 9.82.